The minimum Gasteiger partial charge on any atom is -0.396 e. The minimum atomic E-state index is -2.64. The molecule has 2 atom stereocenters. The quantitative estimate of drug-likeness (QED) is 0.670. The van der Waals surface area contributed by atoms with Crippen LogP contribution in [0.4, 0.5) is 14.6 Å². The van der Waals surface area contributed by atoms with Crippen molar-refractivity contribution in [2.24, 2.45) is 11.8 Å². The molecule has 1 amide bonds. The lowest BCUT2D eigenvalue weighted by molar-refractivity contribution is -0.0518. The lowest BCUT2D eigenvalue weighted by Gasteiger charge is -2.29. The Morgan fingerprint density at radius 2 is 2.10 bits per heavy atom. The summed E-state index contributed by atoms with van der Waals surface area (Å²) in [6.45, 7) is 2.15. The number of rotatable bonds is 6. The van der Waals surface area contributed by atoms with Crippen molar-refractivity contribution in [3.05, 3.63) is 34.9 Å². The van der Waals surface area contributed by atoms with Crippen molar-refractivity contribution < 1.29 is 18.7 Å². The third-order valence-electron chi connectivity index (χ3n) is 6.47. The van der Waals surface area contributed by atoms with Gasteiger partial charge in [-0.05, 0) is 61.8 Å². The number of amides is 1. The van der Waals surface area contributed by atoms with E-state index < -0.39 is 5.92 Å². The molecule has 8 heteroatoms. The number of benzene rings is 1. The summed E-state index contributed by atoms with van der Waals surface area (Å²) in [7, 11) is 0. The minimum absolute atomic E-state index is 0.0711. The van der Waals surface area contributed by atoms with Crippen molar-refractivity contribution >= 4 is 34.2 Å². The van der Waals surface area contributed by atoms with E-state index >= 15 is 0 Å². The molecule has 1 saturated carbocycles. The van der Waals surface area contributed by atoms with E-state index in [1.165, 1.54) is 0 Å². The Hall–Kier alpha value is -1.99. The molecule has 1 aromatic carbocycles. The van der Waals surface area contributed by atoms with Crippen molar-refractivity contribution in [2.45, 2.75) is 44.4 Å². The summed E-state index contributed by atoms with van der Waals surface area (Å²) in [6, 6.07) is 7.19. The number of halogens is 3. The third kappa shape index (κ3) is 5.09. The highest BCUT2D eigenvalue weighted by atomic mass is 35.5. The molecule has 1 saturated heterocycles. The number of aliphatic hydroxyl groups is 1. The zero-order chi connectivity index (χ0) is 22.0. The number of hydrogen-bond acceptors (Lipinski definition) is 4. The number of pyridine rings is 1. The van der Waals surface area contributed by atoms with E-state index in [0.29, 0.717) is 40.2 Å². The maximum Gasteiger partial charge on any atom is 0.253 e. The summed E-state index contributed by atoms with van der Waals surface area (Å²) in [5, 5.41) is 12.9. The standard InChI is InChI=1S/C23H28ClF2N3O2/c24-18-4-5-19-17(3-6-20(28-19)29-10-7-15(14-29)8-11-30)21(18)22(31)27-13-16-2-1-9-23(25,26)12-16/h3-6,15-16,30H,1-2,7-14H2,(H,27,31)/t15-,16?/m1/s1. The second-order valence-corrected chi connectivity index (χ2v) is 9.21. The second-order valence-electron chi connectivity index (χ2n) is 8.80. The molecule has 1 aliphatic heterocycles. The number of aliphatic hydroxyl groups excluding tert-OH is 1. The molecule has 0 bridgehead atoms. The van der Waals surface area contributed by atoms with Gasteiger partial charge in [0.2, 0.25) is 5.92 Å². The van der Waals surface area contributed by atoms with E-state index in [9.17, 15) is 13.6 Å². The van der Waals surface area contributed by atoms with Crippen LogP contribution in [-0.4, -0.2) is 48.2 Å². The molecule has 5 nitrogen and oxygen atoms in total. The molecule has 2 aromatic rings. The molecular weight excluding hydrogens is 424 g/mol. The molecule has 2 aliphatic rings. The van der Waals surface area contributed by atoms with Gasteiger partial charge in [0.15, 0.2) is 0 Å². The van der Waals surface area contributed by atoms with Crippen LogP contribution < -0.4 is 10.2 Å². The molecule has 2 fully saturated rings. The number of nitrogens with zero attached hydrogens (tertiary/aromatic N) is 2. The van der Waals surface area contributed by atoms with Crippen molar-refractivity contribution in [1.29, 1.82) is 0 Å². The largest absolute Gasteiger partial charge is 0.396 e. The van der Waals surface area contributed by atoms with E-state index in [2.05, 4.69) is 10.2 Å². The van der Waals surface area contributed by atoms with Crippen LogP contribution in [0.15, 0.2) is 24.3 Å². The number of anilines is 1. The van der Waals surface area contributed by atoms with Crippen LogP contribution in [0.2, 0.25) is 5.02 Å². The molecule has 1 unspecified atom stereocenters. The Bertz CT molecular complexity index is 956. The normalized spacial score (nSPS) is 23.3. The van der Waals surface area contributed by atoms with Gasteiger partial charge in [0.05, 0.1) is 16.1 Å². The number of hydrogen-bond donors (Lipinski definition) is 2. The van der Waals surface area contributed by atoms with E-state index in [1.54, 1.807) is 12.1 Å². The Morgan fingerprint density at radius 3 is 2.87 bits per heavy atom. The van der Waals surface area contributed by atoms with E-state index in [1.807, 2.05) is 12.1 Å². The predicted molar refractivity (Wildman–Crippen MR) is 118 cm³/mol. The number of nitrogens with one attached hydrogen (secondary N) is 1. The topological polar surface area (TPSA) is 65.5 Å². The second kappa shape index (κ2) is 9.25. The number of alkyl halides is 2. The predicted octanol–water partition coefficient (Wildman–Crippen LogP) is 4.65. The lowest BCUT2D eigenvalue weighted by Crippen LogP contribution is -2.35. The van der Waals surface area contributed by atoms with Crippen LogP contribution in [-0.2, 0) is 0 Å². The highest BCUT2D eigenvalue weighted by molar-refractivity contribution is 6.35. The van der Waals surface area contributed by atoms with Crippen molar-refractivity contribution in [3.63, 3.8) is 0 Å². The molecule has 0 spiro atoms. The van der Waals surface area contributed by atoms with Gasteiger partial charge >= 0.3 is 0 Å². The van der Waals surface area contributed by atoms with Crippen molar-refractivity contribution in [2.75, 3.05) is 31.1 Å². The van der Waals surface area contributed by atoms with Gasteiger partial charge in [0, 0.05) is 44.5 Å². The van der Waals surface area contributed by atoms with Crippen LogP contribution in [0.3, 0.4) is 0 Å². The highest BCUT2D eigenvalue weighted by Crippen LogP contribution is 2.36. The van der Waals surface area contributed by atoms with Crippen molar-refractivity contribution in [3.8, 4) is 0 Å². The van der Waals surface area contributed by atoms with Gasteiger partial charge in [-0.2, -0.15) is 0 Å². The molecule has 0 radical (unpaired) electrons. The van der Waals surface area contributed by atoms with Crippen LogP contribution >= 0.6 is 11.6 Å². The van der Waals surface area contributed by atoms with Crippen LogP contribution in [0, 0.1) is 11.8 Å². The Kier molecular flexibility index (Phi) is 6.63. The van der Waals surface area contributed by atoms with E-state index in [0.717, 1.165) is 31.7 Å². The van der Waals surface area contributed by atoms with Gasteiger partial charge in [-0.25, -0.2) is 13.8 Å². The average Bonchev–Trinajstić information content (AvgIpc) is 3.20. The maximum atomic E-state index is 13.6. The van der Waals surface area contributed by atoms with Gasteiger partial charge in [0.25, 0.3) is 5.91 Å². The first-order valence-electron chi connectivity index (χ1n) is 11.0. The summed E-state index contributed by atoms with van der Waals surface area (Å²) < 4.78 is 27.3. The first-order valence-corrected chi connectivity index (χ1v) is 11.4. The Morgan fingerprint density at radius 1 is 1.26 bits per heavy atom. The Balaban J connectivity index is 1.50. The van der Waals surface area contributed by atoms with Gasteiger partial charge < -0.3 is 15.3 Å². The molecule has 31 heavy (non-hydrogen) atoms. The summed E-state index contributed by atoms with van der Waals surface area (Å²) in [6.07, 6.45) is 2.72. The van der Waals surface area contributed by atoms with Gasteiger partial charge in [-0.3, -0.25) is 4.79 Å². The van der Waals surface area contributed by atoms with Crippen molar-refractivity contribution in [1.82, 2.24) is 10.3 Å². The highest BCUT2D eigenvalue weighted by Gasteiger charge is 2.36. The van der Waals surface area contributed by atoms with Crippen LogP contribution in [0.25, 0.3) is 10.9 Å². The molecule has 2 heterocycles. The fourth-order valence-electron chi connectivity index (χ4n) is 4.81. The third-order valence-corrected chi connectivity index (χ3v) is 6.79. The summed E-state index contributed by atoms with van der Waals surface area (Å²) in [4.78, 5) is 19.8. The van der Waals surface area contributed by atoms with Gasteiger partial charge in [0.1, 0.15) is 5.82 Å². The van der Waals surface area contributed by atoms with Gasteiger partial charge in [-0.1, -0.05) is 11.6 Å². The number of aromatic nitrogens is 1. The smallest absolute Gasteiger partial charge is 0.253 e. The first kappa shape index (κ1) is 22.2. The van der Waals surface area contributed by atoms with Crippen LogP contribution in [0.5, 0.6) is 0 Å². The molecule has 1 aliphatic carbocycles. The zero-order valence-corrected chi connectivity index (χ0v) is 18.2. The van der Waals surface area contributed by atoms with Gasteiger partial charge in [-0.15, -0.1) is 0 Å². The Labute approximate surface area is 185 Å². The molecular formula is C23H28ClF2N3O2. The van der Waals surface area contributed by atoms with E-state index in [-0.39, 0.29) is 37.8 Å². The molecule has 1 aromatic heterocycles. The number of fused-ring (bicyclic) bond motifs is 1. The first-order chi connectivity index (χ1) is 14.9. The lowest BCUT2D eigenvalue weighted by atomic mass is 9.86. The summed E-state index contributed by atoms with van der Waals surface area (Å²) in [5.74, 6) is -1.93. The molecule has 168 valence electrons. The fourth-order valence-corrected chi connectivity index (χ4v) is 5.06. The monoisotopic (exact) mass is 451 g/mol. The number of carbonyl (C=O) groups is 1. The van der Waals surface area contributed by atoms with E-state index in [4.69, 9.17) is 21.7 Å². The molecule has 4 rings (SSSR count). The summed E-state index contributed by atoms with van der Waals surface area (Å²) in [5.41, 5.74) is 1.00. The average molecular weight is 452 g/mol. The molecule has 2 N–H and O–H groups in total. The maximum absolute atomic E-state index is 13.6. The zero-order valence-electron chi connectivity index (χ0n) is 17.4. The SMILES string of the molecule is O=C(NCC1CCCC(F)(F)C1)c1c(Cl)ccc2nc(N3CC[C@H](CCO)C3)ccc12. The van der Waals surface area contributed by atoms with Crippen LogP contribution in [0.1, 0.15) is 48.9 Å². The fraction of sp³-hybridized carbons (Fsp3) is 0.565. The number of carbonyl (C=O) groups excluding carboxylic acids is 1. The summed E-state index contributed by atoms with van der Waals surface area (Å²) >= 11 is 6.34.